The van der Waals surface area contributed by atoms with Crippen LogP contribution in [0, 0.1) is 0 Å². The fourth-order valence-corrected chi connectivity index (χ4v) is 3.96. The lowest BCUT2D eigenvalue weighted by Gasteiger charge is -2.39. The number of guanidine groups is 1. The minimum Gasteiger partial charge on any atom is -0.347 e. The highest BCUT2D eigenvalue weighted by Gasteiger charge is 2.28. The van der Waals surface area contributed by atoms with Gasteiger partial charge in [-0.15, -0.1) is 0 Å². The summed E-state index contributed by atoms with van der Waals surface area (Å²) >= 11 is 7.90. The second kappa shape index (κ2) is 7.66. The van der Waals surface area contributed by atoms with E-state index in [1.165, 1.54) is 0 Å². The maximum absolute atomic E-state index is 5.91. The number of benzene rings is 1. The zero-order chi connectivity index (χ0) is 17.9. The fraction of sp³-hybridized carbons (Fsp3) is 0.471. The molecule has 0 amide bonds. The van der Waals surface area contributed by atoms with Gasteiger partial charge in [-0.05, 0) is 38.1 Å². The number of nitrogens with zero attached hydrogens (tertiary/aromatic N) is 4. The molecule has 1 aliphatic heterocycles. The van der Waals surface area contributed by atoms with Crippen molar-refractivity contribution in [3.8, 4) is 11.4 Å². The zero-order valence-corrected chi connectivity index (χ0v) is 16.2. The van der Waals surface area contributed by atoms with Gasteiger partial charge in [-0.1, -0.05) is 16.8 Å². The van der Waals surface area contributed by atoms with Crippen molar-refractivity contribution in [3.63, 3.8) is 0 Å². The largest absolute Gasteiger partial charge is 0.347 e. The van der Waals surface area contributed by atoms with Crippen molar-refractivity contribution in [1.29, 1.82) is 0 Å². The molecule has 25 heavy (non-hydrogen) atoms. The summed E-state index contributed by atoms with van der Waals surface area (Å²) in [6, 6.07) is 7.36. The molecule has 0 saturated carbocycles. The molecule has 1 aliphatic rings. The molecule has 0 spiro atoms. The molecule has 1 fully saturated rings. The Morgan fingerprint density at radius 2 is 2.16 bits per heavy atom. The summed E-state index contributed by atoms with van der Waals surface area (Å²) in [5.74, 6) is 3.03. The van der Waals surface area contributed by atoms with Crippen LogP contribution >= 0.6 is 23.4 Å². The zero-order valence-electron chi connectivity index (χ0n) is 14.6. The first-order chi connectivity index (χ1) is 12.0. The summed E-state index contributed by atoms with van der Waals surface area (Å²) in [5.41, 5.74) is 0.874. The van der Waals surface area contributed by atoms with Crippen LogP contribution in [0.15, 0.2) is 33.8 Å². The molecule has 3 rings (SSSR count). The van der Waals surface area contributed by atoms with Gasteiger partial charge in [0.25, 0.3) is 0 Å². The highest BCUT2D eigenvalue weighted by Crippen LogP contribution is 2.29. The highest BCUT2D eigenvalue weighted by molar-refractivity contribution is 8.00. The Morgan fingerprint density at radius 3 is 2.84 bits per heavy atom. The van der Waals surface area contributed by atoms with Gasteiger partial charge in [-0.25, -0.2) is 0 Å². The van der Waals surface area contributed by atoms with Crippen molar-refractivity contribution in [2.75, 3.05) is 25.9 Å². The van der Waals surface area contributed by atoms with Gasteiger partial charge in [0.05, 0.1) is 6.54 Å². The third-order valence-electron chi connectivity index (χ3n) is 3.91. The predicted octanol–water partition coefficient (Wildman–Crippen LogP) is 3.29. The molecule has 134 valence electrons. The summed E-state index contributed by atoms with van der Waals surface area (Å²) in [7, 11) is 1.80. The number of nitrogens with one attached hydrogen (secondary N) is 1. The lowest BCUT2D eigenvalue weighted by atomic mass is 10.2. The van der Waals surface area contributed by atoms with Crippen molar-refractivity contribution in [2.24, 2.45) is 4.99 Å². The molecule has 1 aromatic carbocycles. The molecule has 1 N–H and O–H groups in total. The van der Waals surface area contributed by atoms with Gasteiger partial charge < -0.3 is 14.7 Å². The average Bonchev–Trinajstić information content (AvgIpc) is 3.04. The van der Waals surface area contributed by atoms with Crippen molar-refractivity contribution >= 4 is 29.3 Å². The summed E-state index contributed by atoms with van der Waals surface area (Å²) < 4.78 is 5.56. The standard InChI is InChI=1S/C17H22ClN5OS/c1-17(2)11-23(8-9-25-17)16(19-3)20-10-14-21-15(22-24-14)12-4-6-13(18)7-5-12/h4-7H,8-11H2,1-3H3,(H,19,20). The Kier molecular flexibility index (Phi) is 5.54. The number of rotatable bonds is 3. The molecule has 0 radical (unpaired) electrons. The van der Waals surface area contributed by atoms with Gasteiger partial charge in [-0.2, -0.15) is 16.7 Å². The molecule has 0 aliphatic carbocycles. The first-order valence-electron chi connectivity index (χ1n) is 8.15. The smallest absolute Gasteiger partial charge is 0.246 e. The second-order valence-electron chi connectivity index (χ2n) is 6.45. The van der Waals surface area contributed by atoms with E-state index in [2.05, 4.69) is 39.2 Å². The molecule has 0 atom stereocenters. The maximum atomic E-state index is 5.91. The third-order valence-corrected chi connectivity index (χ3v) is 5.45. The van der Waals surface area contributed by atoms with Crippen molar-refractivity contribution in [3.05, 3.63) is 35.2 Å². The number of hydrogen-bond acceptors (Lipinski definition) is 5. The monoisotopic (exact) mass is 379 g/mol. The topological polar surface area (TPSA) is 66.5 Å². The lowest BCUT2D eigenvalue weighted by Crippen LogP contribution is -2.50. The second-order valence-corrected chi connectivity index (χ2v) is 8.69. The maximum Gasteiger partial charge on any atom is 0.246 e. The summed E-state index contributed by atoms with van der Waals surface area (Å²) in [4.78, 5) is 11.1. The van der Waals surface area contributed by atoms with Gasteiger partial charge in [0.15, 0.2) is 5.96 Å². The Morgan fingerprint density at radius 1 is 1.40 bits per heavy atom. The van der Waals surface area contributed by atoms with Gasteiger partial charge in [-0.3, -0.25) is 4.99 Å². The van der Waals surface area contributed by atoms with Crippen LogP contribution in [-0.2, 0) is 6.54 Å². The number of thioether (sulfide) groups is 1. The Labute approximate surface area is 157 Å². The van der Waals surface area contributed by atoms with E-state index in [9.17, 15) is 0 Å². The number of halogens is 1. The molecule has 2 heterocycles. The minimum absolute atomic E-state index is 0.224. The number of hydrogen-bond donors (Lipinski definition) is 1. The van der Waals surface area contributed by atoms with Crippen LogP contribution in [0.5, 0.6) is 0 Å². The molecular formula is C17H22ClN5OS. The summed E-state index contributed by atoms with van der Waals surface area (Å²) in [6.45, 7) is 6.89. The van der Waals surface area contributed by atoms with Crippen LogP contribution < -0.4 is 5.32 Å². The van der Waals surface area contributed by atoms with Gasteiger partial charge >= 0.3 is 0 Å². The fourth-order valence-electron chi connectivity index (χ4n) is 2.73. The minimum atomic E-state index is 0.224. The molecular weight excluding hydrogens is 358 g/mol. The first-order valence-corrected chi connectivity index (χ1v) is 9.51. The highest BCUT2D eigenvalue weighted by atomic mass is 35.5. The van der Waals surface area contributed by atoms with Crippen LogP contribution in [0.2, 0.25) is 5.02 Å². The Bertz CT molecular complexity index is 744. The van der Waals surface area contributed by atoms with Crippen LogP contribution in [0.4, 0.5) is 0 Å². The SMILES string of the molecule is CN=C(NCc1nc(-c2ccc(Cl)cc2)no1)N1CCSC(C)(C)C1. The van der Waals surface area contributed by atoms with E-state index in [0.29, 0.717) is 23.3 Å². The summed E-state index contributed by atoms with van der Waals surface area (Å²) in [5, 5.41) is 8.03. The van der Waals surface area contributed by atoms with Crippen molar-refractivity contribution in [1.82, 2.24) is 20.4 Å². The normalized spacial score (nSPS) is 17.6. The Hall–Kier alpha value is -1.73. The van der Waals surface area contributed by atoms with Gasteiger partial charge in [0, 0.05) is 41.2 Å². The Balaban J connectivity index is 1.62. The first kappa shape index (κ1) is 18.1. The number of aromatic nitrogens is 2. The van der Waals surface area contributed by atoms with Crippen LogP contribution in [0.25, 0.3) is 11.4 Å². The molecule has 2 aromatic rings. The van der Waals surface area contributed by atoms with Gasteiger partial charge in [0.2, 0.25) is 11.7 Å². The third kappa shape index (κ3) is 4.67. The van der Waals surface area contributed by atoms with Crippen LogP contribution in [0.3, 0.4) is 0 Å². The van der Waals surface area contributed by atoms with Crippen LogP contribution in [-0.4, -0.2) is 51.6 Å². The molecule has 8 heteroatoms. The van der Waals surface area contributed by atoms with Crippen molar-refractivity contribution < 1.29 is 4.52 Å². The van der Waals surface area contributed by atoms with Crippen molar-refractivity contribution in [2.45, 2.75) is 25.1 Å². The van der Waals surface area contributed by atoms with E-state index in [-0.39, 0.29) is 4.75 Å². The molecule has 1 saturated heterocycles. The van der Waals surface area contributed by atoms with E-state index in [1.54, 1.807) is 7.05 Å². The molecule has 6 nitrogen and oxygen atoms in total. The van der Waals surface area contributed by atoms with Gasteiger partial charge in [0.1, 0.15) is 0 Å². The summed E-state index contributed by atoms with van der Waals surface area (Å²) in [6.07, 6.45) is 0. The predicted molar refractivity (Wildman–Crippen MR) is 103 cm³/mol. The molecule has 0 bridgehead atoms. The van der Waals surface area contributed by atoms with E-state index in [1.807, 2.05) is 36.0 Å². The van der Waals surface area contributed by atoms with E-state index < -0.39 is 0 Å². The number of aliphatic imine (C=N–C) groups is 1. The molecule has 0 unspecified atom stereocenters. The van der Waals surface area contributed by atoms with E-state index in [0.717, 1.165) is 30.4 Å². The van der Waals surface area contributed by atoms with Crippen LogP contribution in [0.1, 0.15) is 19.7 Å². The van der Waals surface area contributed by atoms with E-state index >= 15 is 0 Å². The molecule has 1 aromatic heterocycles. The quantitative estimate of drug-likeness (QED) is 0.652. The average molecular weight is 380 g/mol. The lowest BCUT2D eigenvalue weighted by molar-refractivity contribution is 0.357. The van der Waals surface area contributed by atoms with E-state index in [4.69, 9.17) is 16.1 Å².